The molecule has 1 aliphatic carbocycles. The fraction of sp³-hybridized carbons (Fsp3) is 0.750. The van der Waals surface area contributed by atoms with Crippen molar-refractivity contribution in [3.8, 4) is 0 Å². The second-order valence-electron chi connectivity index (χ2n) is 6.11. The molecule has 2 N–H and O–H groups in total. The molecule has 0 saturated carbocycles. The highest BCUT2D eigenvalue weighted by Crippen LogP contribution is 2.47. The zero-order valence-corrected chi connectivity index (χ0v) is 14.3. The lowest BCUT2D eigenvalue weighted by Gasteiger charge is -2.36. The van der Waals surface area contributed by atoms with Gasteiger partial charge in [0.1, 0.15) is 5.60 Å². The van der Waals surface area contributed by atoms with E-state index in [0.717, 1.165) is 12.8 Å². The average molecular weight is 316 g/mol. The van der Waals surface area contributed by atoms with E-state index in [2.05, 4.69) is 13.0 Å². The van der Waals surface area contributed by atoms with Gasteiger partial charge in [0.15, 0.2) is 0 Å². The third-order valence-electron chi connectivity index (χ3n) is 4.29. The molecule has 1 rings (SSSR count). The van der Waals surface area contributed by atoms with Crippen LogP contribution in [-0.4, -0.2) is 15.4 Å². The molecule has 122 valence electrons. The fourth-order valence-corrected chi connectivity index (χ4v) is 3.53. The minimum absolute atomic E-state index is 0.0224. The maximum Gasteiger partial charge on any atom is 0.470 e. The van der Waals surface area contributed by atoms with E-state index in [1.54, 1.807) is 13.0 Å². The Balaban J connectivity index is 2.48. The Kier molecular flexibility index (Phi) is 7.35. The fourth-order valence-electron chi connectivity index (χ4n) is 2.79. The molecule has 0 amide bonds. The van der Waals surface area contributed by atoms with E-state index in [1.165, 1.54) is 37.7 Å². The van der Waals surface area contributed by atoms with Crippen LogP contribution in [0.25, 0.3) is 0 Å². The van der Waals surface area contributed by atoms with Gasteiger partial charge >= 0.3 is 7.82 Å². The van der Waals surface area contributed by atoms with Crippen molar-refractivity contribution in [2.45, 2.75) is 71.3 Å². The third-order valence-corrected chi connectivity index (χ3v) is 4.92. The zero-order chi connectivity index (χ0) is 15.9. The predicted molar refractivity (Wildman–Crippen MR) is 85.9 cm³/mol. The molecule has 0 saturated heterocycles. The van der Waals surface area contributed by atoms with Crippen LogP contribution >= 0.6 is 7.82 Å². The Labute approximate surface area is 128 Å². The predicted octanol–water partition coefficient (Wildman–Crippen LogP) is 4.74. The van der Waals surface area contributed by atoms with E-state index in [1.807, 2.05) is 13.0 Å². The summed E-state index contributed by atoms with van der Waals surface area (Å²) in [5, 5.41) is 0. The highest BCUT2D eigenvalue weighted by atomic mass is 31.2. The van der Waals surface area contributed by atoms with Gasteiger partial charge in [0, 0.05) is 5.92 Å². The number of unbranched alkanes of at least 4 members (excludes halogenated alkanes) is 5. The normalized spacial score (nSPS) is 26.0. The van der Waals surface area contributed by atoms with Crippen molar-refractivity contribution in [3.63, 3.8) is 0 Å². The molecule has 1 aliphatic rings. The molecule has 0 radical (unpaired) electrons. The average Bonchev–Trinajstić information content (AvgIpc) is 2.36. The highest BCUT2D eigenvalue weighted by Gasteiger charge is 2.38. The largest absolute Gasteiger partial charge is 0.470 e. The van der Waals surface area contributed by atoms with Gasteiger partial charge in [0.05, 0.1) is 0 Å². The summed E-state index contributed by atoms with van der Waals surface area (Å²) >= 11 is 0. The molecule has 21 heavy (non-hydrogen) atoms. The third kappa shape index (κ3) is 6.48. The number of phosphoric acid groups is 1. The maximum atomic E-state index is 11.1. The smallest absolute Gasteiger partial charge is 0.303 e. The van der Waals surface area contributed by atoms with Crippen molar-refractivity contribution in [2.24, 2.45) is 5.92 Å². The van der Waals surface area contributed by atoms with Crippen LogP contribution in [0.3, 0.4) is 0 Å². The van der Waals surface area contributed by atoms with Crippen molar-refractivity contribution in [3.05, 3.63) is 23.8 Å². The second kappa shape index (κ2) is 8.28. The van der Waals surface area contributed by atoms with Gasteiger partial charge in [-0.15, -0.1) is 0 Å². The summed E-state index contributed by atoms with van der Waals surface area (Å²) in [6, 6.07) is 0. The Morgan fingerprint density at radius 2 is 1.86 bits per heavy atom. The van der Waals surface area contributed by atoms with Gasteiger partial charge < -0.3 is 9.79 Å². The summed E-state index contributed by atoms with van der Waals surface area (Å²) in [5.74, 6) is -0.0224. The molecule has 4 nitrogen and oxygen atoms in total. The van der Waals surface area contributed by atoms with E-state index < -0.39 is 13.4 Å². The van der Waals surface area contributed by atoms with Gasteiger partial charge in [-0.2, -0.15) is 0 Å². The van der Waals surface area contributed by atoms with E-state index in [9.17, 15) is 4.57 Å². The summed E-state index contributed by atoms with van der Waals surface area (Å²) in [4.78, 5) is 18.1. The monoisotopic (exact) mass is 316 g/mol. The van der Waals surface area contributed by atoms with Crippen molar-refractivity contribution >= 4 is 7.82 Å². The van der Waals surface area contributed by atoms with Crippen molar-refractivity contribution < 1.29 is 18.9 Å². The van der Waals surface area contributed by atoms with E-state index in [0.29, 0.717) is 0 Å². The molecule has 2 atom stereocenters. The van der Waals surface area contributed by atoms with Crippen LogP contribution < -0.4 is 0 Å². The molecule has 0 heterocycles. The topological polar surface area (TPSA) is 66.8 Å². The van der Waals surface area contributed by atoms with Crippen LogP contribution in [0.2, 0.25) is 0 Å². The van der Waals surface area contributed by atoms with E-state index in [4.69, 9.17) is 14.3 Å². The lowest BCUT2D eigenvalue weighted by atomic mass is 9.79. The second-order valence-corrected chi connectivity index (χ2v) is 7.27. The Morgan fingerprint density at radius 1 is 1.24 bits per heavy atom. The van der Waals surface area contributed by atoms with Crippen LogP contribution in [0, 0.1) is 5.92 Å². The summed E-state index contributed by atoms with van der Waals surface area (Å²) in [5.41, 5.74) is 0.287. The first kappa shape index (κ1) is 18.6. The summed E-state index contributed by atoms with van der Waals surface area (Å²) < 4.78 is 16.1. The first-order valence-corrected chi connectivity index (χ1v) is 9.46. The van der Waals surface area contributed by atoms with Crippen LogP contribution in [0.4, 0.5) is 0 Å². The first-order valence-electron chi connectivity index (χ1n) is 7.93. The Bertz CT molecular complexity index is 424. The summed E-state index contributed by atoms with van der Waals surface area (Å²) in [7, 11) is -4.49. The van der Waals surface area contributed by atoms with Gasteiger partial charge in [-0.1, -0.05) is 69.8 Å². The van der Waals surface area contributed by atoms with Crippen LogP contribution in [0.5, 0.6) is 0 Å². The quantitative estimate of drug-likeness (QED) is 0.476. The maximum absolute atomic E-state index is 11.1. The number of phosphoric ester groups is 1. The highest BCUT2D eigenvalue weighted by molar-refractivity contribution is 7.46. The summed E-state index contributed by atoms with van der Waals surface area (Å²) in [6.07, 6.45) is 14.1. The molecular weight excluding hydrogens is 287 g/mol. The lowest BCUT2D eigenvalue weighted by molar-refractivity contribution is 0.0547. The number of rotatable bonds is 9. The molecule has 0 aromatic rings. The number of hydrogen-bond acceptors (Lipinski definition) is 2. The molecule has 2 unspecified atom stereocenters. The van der Waals surface area contributed by atoms with Gasteiger partial charge in [-0.05, 0) is 19.8 Å². The SMILES string of the molecule is CCCCCCCCC1=CC=CC(C)(OP(=O)(O)O)C1C. The molecular formula is C16H29O4P. The Morgan fingerprint density at radius 3 is 2.48 bits per heavy atom. The minimum atomic E-state index is -4.49. The summed E-state index contributed by atoms with van der Waals surface area (Å²) in [6.45, 7) is 5.92. The minimum Gasteiger partial charge on any atom is -0.303 e. The van der Waals surface area contributed by atoms with Crippen LogP contribution in [0.15, 0.2) is 23.8 Å². The standard InChI is InChI=1S/C16H29O4P/c1-4-5-6-7-8-9-11-15-12-10-13-16(3,14(15)2)20-21(17,18)19/h10,12-14H,4-9,11H2,1-3H3,(H2,17,18,19). The number of allylic oxidation sites excluding steroid dienone is 2. The van der Waals surface area contributed by atoms with Crippen molar-refractivity contribution in [2.75, 3.05) is 0 Å². The lowest BCUT2D eigenvalue weighted by Crippen LogP contribution is -2.35. The van der Waals surface area contributed by atoms with Crippen molar-refractivity contribution in [1.82, 2.24) is 0 Å². The zero-order valence-electron chi connectivity index (χ0n) is 13.4. The molecule has 0 aromatic heterocycles. The molecule has 0 spiro atoms. The van der Waals surface area contributed by atoms with Gasteiger partial charge in [-0.25, -0.2) is 4.57 Å². The molecule has 0 fully saturated rings. The van der Waals surface area contributed by atoms with Crippen LogP contribution in [0.1, 0.15) is 65.7 Å². The molecule has 5 heteroatoms. The Hall–Kier alpha value is -0.410. The van der Waals surface area contributed by atoms with Gasteiger partial charge in [0.25, 0.3) is 0 Å². The van der Waals surface area contributed by atoms with Crippen LogP contribution in [-0.2, 0) is 9.09 Å². The van der Waals surface area contributed by atoms with Crippen molar-refractivity contribution in [1.29, 1.82) is 0 Å². The van der Waals surface area contributed by atoms with Gasteiger partial charge in [-0.3, -0.25) is 4.52 Å². The molecule has 0 bridgehead atoms. The van der Waals surface area contributed by atoms with E-state index >= 15 is 0 Å². The van der Waals surface area contributed by atoms with Gasteiger partial charge in [0.2, 0.25) is 0 Å². The first-order chi connectivity index (χ1) is 9.78. The number of hydrogen-bond donors (Lipinski definition) is 2. The molecule has 0 aromatic carbocycles. The van der Waals surface area contributed by atoms with E-state index in [-0.39, 0.29) is 5.92 Å². The molecule has 0 aliphatic heterocycles.